The summed E-state index contributed by atoms with van der Waals surface area (Å²) in [6.45, 7) is 1.04. The maximum absolute atomic E-state index is 13.3. The molecule has 2 aromatic heterocycles. The molecule has 1 saturated heterocycles. The zero-order chi connectivity index (χ0) is 26.2. The van der Waals surface area contributed by atoms with Gasteiger partial charge in [-0.2, -0.15) is 13.2 Å². The summed E-state index contributed by atoms with van der Waals surface area (Å²) in [5.74, 6) is 1.63. The van der Waals surface area contributed by atoms with Gasteiger partial charge in [0.25, 0.3) is 0 Å². The molecule has 0 bridgehead atoms. The highest BCUT2D eigenvalue weighted by Gasteiger charge is 2.32. The Morgan fingerprint density at radius 3 is 2.59 bits per heavy atom. The van der Waals surface area contributed by atoms with Gasteiger partial charge in [-0.05, 0) is 61.4 Å². The molecule has 6 nitrogen and oxygen atoms in total. The molecule has 2 amide bonds. The monoisotopic (exact) mass is 508 g/mol. The van der Waals surface area contributed by atoms with Gasteiger partial charge >= 0.3 is 12.2 Å². The van der Waals surface area contributed by atoms with Gasteiger partial charge in [-0.15, -0.1) is 0 Å². The zero-order valence-electron chi connectivity index (χ0n) is 20.6. The van der Waals surface area contributed by atoms with Crippen molar-refractivity contribution < 1.29 is 22.7 Å². The van der Waals surface area contributed by atoms with Crippen molar-refractivity contribution in [2.24, 2.45) is 0 Å². The van der Waals surface area contributed by atoms with Crippen LogP contribution in [-0.4, -0.2) is 47.6 Å². The Labute approximate surface area is 212 Å². The van der Waals surface area contributed by atoms with Crippen LogP contribution in [0.3, 0.4) is 0 Å². The van der Waals surface area contributed by atoms with Crippen LogP contribution in [0.25, 0.3) is 16.8 Å². The maximum Gasteiger partial charge on any atom is 0.416 e. The normalized spacial score (nSPS) is 16.1. The van der Waals surface area contributed by atoms with Gasteiger partial charge in [-0.3, -0.25) is 4.90 Å². The van der Waals surface area contributed by atoms with Crippen molar-refractivity contribution in [2.45, 2.75) is 24.9 Å². The van der Waals surface area contributed by atoms with E-state index in [2.05, 4.69) is 4.40 Å². The summed E-state index contributed by atoms with van der Waals surface area (Å²) in [5, 5.41) is 0. The van der Waals surface area contributed by atoms with Crippen molar-refractivity contribution in [1.29, 1.82) is 0 Å². The number of alkyl halides is 3. The van der Waals surface area contributed by atoms with Crippen LogP contribution in [0, 0.1) is 0 Å². The van der Waals surface area contributed by atoms with Gasteiger partial charge in [0.05, 0.1) is 23.9 Å². The second kappa shape index (κ2) is 9.80. The smallest absolute Gasteiger partial charge is 0.416 e. The molecular weight excluding hydrogens is 481 g/mol. The first-order chi connectivity index (χ1) is 17.8. The van der Waals surface area contributed by atoms with Crippen molar-refractivity contribution in [3.05, 3.63) is 84.3 Å². The van der Waals surface area contributed by atoms with E-state index in [1.165, 1.54) is 17.0 Å². The van der Waals surface area contributed by atoms with Crippen LogP contribution < -0.4 is 9.64 Å². The molecule has 1 aliphatic rings. The third-order valence-corrected chi connectivity index (χ3v) is 6.84. The molecule has 9 heteroatoms. The Bertz CT molecular complexity index is 1420. The van der Waals surface area contributed by atoms with Gasteiger partial charge in [-0.25, -0.2) is 9.78 Å². The van der Waals surface area contributed by atoms with Crippen LogP contribution in [0.5, 0.6) is 5.75 Å². The highest BCUT2D eigenvalue weighted by atomic mass is 19.4. The summed E-state index contributed by atoms with van der Waals surface area (Å²) in [4.78, 5) is 21.5. The fourth-order valence-corrected chi connectivity index (χ4v) is 4.89. The molecule has 0 radical (unpaired) electrons. The molecule has 1 unspecified atom stereocenters. The molecule has 1 atom stereocenters. The molecule has 3 heterocycles. The van der Waals surface area contributed by atoms with Crippen molar-refractivity contribution in [1.82, 2.24) is 14.3 Å². The Balaban J connectivity index is 1.40. The third-order valence-electron chi connectivity index (χ3n) is 6.84. The summed E-state index contributed by atoms with van der Waals surface area (Å²) < 4.78 is 46.3. The number of benzene rings is 2. The van der Waals surface area contributed by atoms with Gasteiger partial charge in [0, 0.05) is 43.5 Å². The minimum atomic E-state index is -4.42. The second-order valence-electron chi connectivity index (χ2n) is 9.18. The number of rotatable bonds is 4. The van der Waals surface area contributed by atoms with Crippen molar-refractivity contribution in [3.8, 4) is 17.0 Å². The number of methoxy groups -OCH3 is 1. The lowest BCUT2D eigenvalue weighted by Gasteiger charge is -2.35. The highest BCUT2D eigenvalue weighted by molar-refractivity contribution is 5.91. The number of hydrogen-bond donors (Lipinski definition) is 0. The number of ether oxygens (including phenoxy) is 1. The Morgan fingerprint density at radius 1 is 1.08 bits per heavy atom. The molecule has 0 saturated carbocycles. The summed E-state index contributed by atoms with van der Waals surface area (Å²) >= 11 is 0. The maximum atomic E-state index is 13.3. The first-order valence-electron chi connectivity index (χ1n) is 12.1. The Morgan fingerprint density at radius 2 is 1.86 bits per heavy atom. The SMILES string of the molecule is COc1cccc(-c2nc(C3CCCN(C(=O)N(C)c4ccc(C(F)(F)F)cc4)C3)n3ccccc23)c1. The minimum absolute atomic E-state index is 0.00737. The summed E-state index contributed by atoms with van der Waals surface area (Å²) in [6, 6.07) is 18.1. The number of imidazole rings is 1. The number of amides is 2. The van der Waals surface area contributed by atoms with Crippen LogP contribution in [0.15, 0.2) is 72.9 Å². The number of halogens is 3. The lowest BCUT2D eigenvalue weighted by molar-refractivity contribution is -0.137. The molecule has 4 aromatic rings. The van der Waals surface area contributed by atoms with Crippen molar-refractivity contribution in [2.75, 3.05) is 32.1 Å². The predicted octanol–water partition coefficient (Wildman–Crippen LogP) is 6.46. The summed E-state index contributed by atoms with van der Waals surface area (Å²) in [6.07, 6.45) is -0.763. The molecule has 2 aromatic carbocycles. The van der Waals surface area contributed by atoms with Crippen molar-refractivity contribution >= 4 is 17.2 Å². The van der Waals surface area contributed by atoms with E-state index >= 15 is 0 Å². The number of urea groups is 1. The van der Waals surface area contributed by atoms with E-state index in [0.29, 0.717) is 18.8 Å². The molecule has 0 N–H and O–H groups in total. The molecule has 192 valence electrons. The minimum Gasteiger partial charge on any atom is -0.497 e. The zero-order valence-corrected chi connectivity index (χ0v) is 20.6. The predicted molar refractivity (Wildman–Crippen MR) is 136 cm³/mol. The van der Waals surface area contributed by atoms with E-state index in [0.717, 1.165) is 53.3 Å². The van der Waals surface area contributed by atoms with E-state index in [9.17, 15) is 18.0 Å². The average Bonchev–Trinajstić information content (AvgIpc) is 3.32. The van der Waals surface area contributed by atoms with E-state index in [1.54, 1.807) is 19.1 Å². The lowest BCUT2D eigenvalue weighted by atomic mass is 9.97. The van der Waals surface area contributed by atoms with Crippen LogP contribution in [0.1, 0.15) is 30.1 Å². The van der Waals surface area contributed by atoms with Gasteiger partial charge in [0.1, 0.15) is 11.6 Å². The quantitative estimate of drug-likeness (QED) is 0.318. The van der Waals surface area contributed by atoms with Crippen LogP contribution in [0.2, 0.25) is 0 Å². The van der Waals surface area contributed by atoms with Crippen LogP contribution in [-0.2, 0) is 6.18 Å². The molecule has 1 aliphatic heterocycles. The number of carbonyl (C=O) groups is 1. The number of carbonyl (C=O) groups excluding carboxylic acids is 1. The molecule has 0 aliphatic carbocycles. The Hall–Kier alpha value is -4.01. The molecular formula is C28H27F3N4O2. The number of aromatic nitrogens is 2. The molecule has 37 heavy (non-hydrogen) atoms. The van der Waals surface area contributed by atoms with Gasteiger partial charge in [0.2, 0.25) is 0 Å². The molecule has 5 rings (SSSR count). The Kier molecular flexibility index (Phi) is 6.54. The van der Waals surface area contributed by atoms with E-state index in [-0.39, 0.29) is 11.9 Å². The highest BCUT2D eigenvalue weighted by Crippen LogP contribution is 2.34. The number of likely N-dealkylation sites (tertiary alicyclic amines) is 1. The van der Waals surface area contributed by atoms with Crippen LogP contribution >= 0.6 is 0 Å². The lowest BCUT2D eigenvalue weighted by Crippen LogP contribution is -2.46. The summed E-state index contributed by atoms with van der Waals surface area (Å²) in [7, 11) is 3.21. The largest absolute Gasteiger partial charge is 0.497 e. The van der Waals surface area contributed by atoms with Crippen LogP contribution in [0.4, 0.5) is 23.7 Å². The topological polar surface area (TPSA) is 50.1 Å². The van der Waals surface area contributed by atoms with Crippen molar-refractivity contribution in [3.63, 3.8) is 0 Å². The number of nitrogens with zero attached hydrogens (tertiary/aromatic N) is 4. The first-order valence-corrected chi connectivity index (χ1v) is 12.1. The summed E-state index contributed by atoms with van der Waals surface area (Å²) in [5.41, 5.74) is 2.43. The molecule has 0 spiro atoms. The fraction of sp³-hybridized carbons (Fsp3) is 0.286. The standard InChI is InChI=1S/C28H27F3N4O2/c1-33(22-13-11-21(12-14-22)28(29,30)31)27(36)34-15-6-8-20(18-34)26-32-25(24-10-3-4-16-35(24)26)19-7-5-9-23(17-19)37-2/h3-5,7,9-14,16-17,20H,6,8,15,18H2,1-2H3. The average molecular weight is 509 g/mol. The van der Waals surface area contributed by atoms with Gasteiger partial charge < -0.3 is 14.0 Å². The van der Waals surface area contributed by atoms with Gasteiger partial charge in [-0.1, -0.05) is 18.2 Å². The number of fused-ring (bicyclic) bond motifs is 1. The third kappa shape index (κ3) is 4.85. The number of pyridine rings is 1. The van der Waals surface area contributed by atoms with Gasteiger partial charge in [0.15, 0.2) is 0 Å². The molecule has 1 fully saturated rings. The fourth-order valence-electron chi connectivity index (χ4n) is 4.89. The van der Waals surface area contributed by atoms with E-state index < -0.39 is 11.7 Å². The number of piperidine rings is 1. The van der Waals surface area contributed by atoms with E-state index in [4.69, 9.17) is 9.72 Å². The number of hydrogen-bond acceptors (Lipinski definition) is 3. The number of anilines is 1. The van der Waals surface area contributed by atoms with E-state index in [1.807, 2.05) is 48.7 Å². The first kappa shape index (κ1) is 24.7. The second-order valence-corrected chi connectivity index (χ2v) is 9.18.